The van der Waals surface area contributed by atoms with Gasteiger partial charge in [-0.1, -0.05) is 30.0 Å². The van der Waals surface area contributed by atoms with E-state index in [0.717, 1.165) is 0 Å². The Kier molecular flexibility index (Phi) is 7.26. The molecular formula is C16H19F2NO3S2. The highest BCUT2D eigenvalue weighted by Crippen LogP contribution is 2.21. The maximum absolute atomic E-state index is 12.1. The van der Waals surface area contributed by atoms with Gasteiger partial charge < -0.3 is 9.73 Å². The summed E-state index contributed by atoms with van der Waals surface area (Å²) in [5.41, 5.74) is 0. The van der Waals surface area contributed by atoms with Crippen LogP contribution in [0.3, 0.4) is 0 Å². The largest absolute Gasteiger partial charge is 0.464 e. The van der Waals surface area contributed by atoms with Gasteiger partial charge in [0.15, 0.2) is 9.84 Å². The molecule has 1 heterocycles. The third-order valence-electron chi connectivity index (χ3n) is 3.24. The average molecular weight is 375 g/mol. The number of thioether (sulfide) groups is 1. The highest BCUT2D eigenvalue weighted by molar-refractivity contribution is 7.98. The fourth-order valence-electron chi connectivity index (χ4n) is 2.08. The molecule has 0 amide bonds. The molecular weight excluding hydrogens is 356 g/mol. The summed E-state index contributed by atoms with van der Waals surface area (Å²) < 4.78 is 53.8. The van der Waals surface area contributed by atoms with Crippen LogP contribution in [0.2, 0.25) is 0 Å². The molecule has 0 atom stereocenters. The smallest absolute Gasteiger partial charge is 0.284 e. The molecule has 0 fully saturated rings. The van der Waals surface area contributed by atoms with Crippen molar-refractivity contribution in [1.29, 1.82) is 0 Å². The Labute approximate surface area is 144 Å². The molecule has 4 nitrogen and oxygen atoms in total. The summed E-state index contributed by atoms with van der Waals surface area (Å²) in [6.45, 7) is 0.957. The van der Waals surface area contributed by atoms with Gasteiger partial charge in [-0.15, -0.1) is 0 Å². The van der Waals surface area contributed by atoms with Crippen LogP contribution in [0.15, 0.2) is 51.8 Å². The minimum Gasteiger partial charge on any atom is -0.464 e. The molecule has 0 spiro atoms. The quantitative estimate of drug-likeness (QED) is 0.642. The Morgan fingerprint density at radius 2 is 1.79 bits per heavy atom. The van der Waals surface area contributed by atoms with E-state index in [1.807, 2.05) is 0 Å². The number of nitrogens with one attached hydrogen (secondary N) is 1. The van der Waals surface area contributed by atoms with E-state index >= 15 is 0 Å². The lowest BCUT2D eigenvalue weighted by Crippen LogP contribution is -2.18. The van der Waals surface area contributed by atoms with Gasteiger partial charge in [-0.3, -0.25) is 0 Å². The van der Waals surface area contributed by atoms with Crippen molar-refractivity contribution in [3.63, 3.8) is 0 Å². The Hall–Kier alpha value is -1.38. The van der Waals surface area contributed by atoms with E-state index in [2.05, 4.69) is 5.32 Å². The summed E-state index contributed by atoms with van der Waals surface area (Å²) in [6.07, 6.45) is 0.478. The predicted octanol–water partition coefficient (Wildman–Crippen LogP) is 3.69. The van der Waals surface area contributed by atoms with Crippen LogP contribution in [0.4, 0.5) is 8.78 Å². The van der Waals surface area contributed by atoms with Gasteiger partial charge in [0.2, 0.25) is 0 Å². The summed E-state index contributed by atoms with van der Waals surface area (Å²) >= 11 is 0.516. The molecule has 1 aromatic heterocycles. The topological polar surface area (TPSA) is 59.3 Å². The van der Waals surface area contributed by atoms with Crippen LogP contribution in [0.5, 0.6) is 0 Å². The molecule has 0 unspecified atom stereocenters. The van der Waals surface area contributed by atoms with Gasteiger partial charge in [-0.05, 0) is 37.2 Å². The molecule has 0 aliphatic carbocycles. The molecule has 2 aromatic rings. The summed E-state index contributed by atoms with van der Waals surface area (Å²) in [4.78, 5) is 0.331. The third kappa shape index (κ3) is 6.26. The number of benzene rings is 1. The Morgan fingerprint density at radius 3 is 2.50 bits per heavy atom. The first-order chi connectivity index (χ1) is 11.5. The van der Waals surface area contributed by atoms with Crippen LogP contribution < -0.4 is 5.32 Å². The van der Waals surface area contributed by atoms with Gasteiger partial charge in [0, 0.05) is 0 Å². The zero-order valence-corrected chi connectivity index (χ0v) is 14.6. The summed E-state index contributed by atoms with van der Waals surface area (Å²) in [7, 11) is -3.25. The maximum Gasteiger partial charge on any atom is 0.284 e. The third-order valence-corrected chi connectivity index (χ3v) is 5.76. The zero-order chi connectivity index (χ0) is 17.4. The highest BCUT2D eigenvalue weighted by Gasteiger charge is 2.13. The summed E-state index contributed by atoms with van der Waals surface area (Å²) in [6, 6.07) is 11.8. The van der Waals surface area contributed by atoms with Crippen molar-refractivity contribution in [1.82, 2.24) is 5.32 Å². The van der Waals surface area contributed by atoms with Crippen molar-refractivity contribution in [2.75, 3.05) is 12.3 Å². The van der Waals surface area contributed by atoms with E-state index in [1.54, 1.807) is 42.5 Å². The van der Waals surface area contributed by atoms with Crippen LogP contribution in [0.1, 0.15) is 17.9 Å². The van der Waals surface area contributed by atoms with Crippen molar-refractivity contribution >= 4 is 21.6 Å². The minimum absolute atomic E-state index is 0.0679. The Morgan fingerprint density at radius 1 is 1.08 bits per heavy atom. The molecule has 2 rings (SSSR count). The molecule has 0 saturated heterocycles. The number of sulfone groups is 1. The van der Waals surface area contributed by atoms with Crippen molar-refractivity contribution < 1.29 is 21.6 Å². The van der Waals surface area contributed by atoms with E-state index in [0.29, 0.717) is 47.7 Å². The molecule has 0 aliphatic heterocycles. The lowest BCUT2D eigenvalue weighted by atomic mass is 10.4. The number of alkyl halides is 2. The fourth-order valence-corrected chi connectivity index (χ4v) is 3.86. The Bertz CT molecular complexity index is 718. The Balaban J connectivity index is 1.68. The zero-order valence-electron chi connectivity index (χ0n) is 13.0. The molecule has 0 bridgehead atoms. The van der Waals surface area contributed by atoms with Crippen molar-refractivity contribution in [3.8, 4) is 0 Å². The average Bonchev–Trinajstić information content (AvgIpc) is 3.01. The van der Waals surface area contributed by atoms with Crippen LogP contribution in [-0.2, 0) is 22.1 Å². The maximum atomic E-state index is 12.1. The first-order valence-corrected chi connectivity index (χ1v) is 10.1. The molecule has 0 aliphatic rings. The van der Waals surface area contributed by atoms with E-state index in [4.69, 9.17) is 4.42 Å². The molecule has 132 valence electrons. The lowest BCUT2D eigenvalue weighted by Gasteiger charge is -2.05. The first kappa shape index (κ1) is 19.0. The van der Waals surface area contributed by atoms with E-state index in [9.17, 15) is 17.2 Å². The van der Waals surface area contributed by atoms with E-state index in [1.165, 1.54) is 0 Å². The van der Waals surface area contributed by atoms with Crippen LogP contribution in [0.25, 0.3) is 0 Å². The van der Waals surface area contributed by atoms with Gasteiger partial charge in [0.05, 0.1) is 22.9 Å². The number of halogens is 2. The number of furan rings is 1. The molecule has 0 saturated carbocycles. The summed E-state index contributed by atoms with van der Waals surface area (Å²) in [5, 5.41) is 3.09. The lowest BCUT2D eigenvalue weighted by molar-refractivity contribution is 0.251. The van der Waals surface area contributed by atoms with Gasteiger partial charge in [-0.2, -0.15) is 8.78 Å². The highest BCUT2D eigenvalue weighted by atomic mass is 32.2. The van der Waals surface area contributed by atoms with Gasteiger partial charge in [-0.25, -0.2) is 8.42 Å². The predicted molar refractivity (Wildman–Crippen MR) is 90.8 cm³/mol. The number of rotatable bonds is 10. The van der Waals surface area contributed by atoms with Crippen molar-refractivity contribution in [2.24, 2.45) is 0 Å². The monoisotopic (exact) mass is 375 g/mol. The first-order valence-electron chi connectivity index (χ1n) is 7.43. The van der Waals surface area contributed by atoms with Crippen molar-refractivity contribution in [2.45, 2.75) is 29.4 Å². The van der Waals surface area contributed by atoms with E-state index in [-0.39, 0.29) is 11.5 Å². The van der Waals surface area contributed by atoms with E-state index < -0.39 is 15.6 Å². The van der Waals surface area contributed by atoms with Crippen LogP contribution in [0, 0.1) is 0 Å². The standard InChI is InChI=1S/C16H19F2NO3S2/c17-16(18)23-12-14-8-7-13(22-14)11-19-9-4-10-24(20,21)15-5-2-1-3-6-15/h1-3,5-8,16,19H,4,9-12H2. The second-order valence-corrected chi connectivity index (χ2v) is 8.19. The second-order valence-electron chi connectivity index (χ2n) is 5.10. The number of hydrogen-bond acceptors (Lipinski definition) is 5. The van der Waals surface area contributed by atoms with Crippen LogP contribution >= 0.6 is 11.8 Å². The normalized spacial score (nSPS) is 12.0. The van der Waals surface area contributed by atoms with Gasteiger partial charge in [0.1, 0.15) is 11.5 Å². The number of hydrogen-bond donors (Lipinski definition) is 1. The van der Waals surface area contributed by atoms with Gasteiger partial charge in [0.25, 0.3) is 5.76 Å². The van der Waals surface area contributed by atoms with Crippen LogP contribution in [-0.4, -0.2) is 26.5 Å². The molecule has 0 radical (unpaired) electrons. The molecule has 8 heteroatoms. The van der Waals surface area contributed by atoms with Crippen molar-refractivity contribution in [3.05, 3.63) is 54.0 Å². The molecule has 1 N–H and O–H groups in total. The molecule has 24 heavy (non-hydrogen) atoms. The van der Waals surface area contributed by atoms with Gasteiger partial charge >= 0.3 is 0 Å². The second kappa shape index (κ2) is 9.19. The minimum atomic E-state index is -3.25. The fraction of sp³-hybridized carbons (Fsp3) is 0.375. The SMILES string of the molecule is O=S(=O)(CCCNCc1ccc(CSC(F)F)o1)c1ccccc1. The summed E-state index contributed by atoms with van der Waals surface area (Å²) in [5.74, 6) is -1.07. The molecule has 1 aromatic carbocycles.